The van der Waals surface area contributed by atoms with Crippen LogP contribution in [0.15, 0.2) is 36.5 Å². The van der Waals surface area contributed by atoms with Crippen LogP contribution < -0.4 is 5.32 Å². The van der Waals surface area contributed by atoms with Gasteiger partial charge in [-0.3, -0.25) is 0 Å². The molecule has 0 saturated carbocycles. The number of hydrogen-bond donors (Lipinski definition) is 3. The van der Waals surface area contributed by atoms with E-state index in [1.807, 2.05) is 0 Å². The van der Waals surface area contributed by atoms with Crippen LogP contribution in [0.4, 0.5) is 27.6 Å². The molecular weight excluding hydrogens is 433 g/mol. The molecule has 2 aromatic carbocycles. The van der Waals surface area contributed by atoms with Crippen molar-refractivity contribution in [2.24, 2.45) is 0 Å². The summed E-state index contributed by atoms with van der Waals surface area (Å²) >= 11 is 0. The van der Waals surface area contributed by atoms with Gasteiger partial charge in [-0.05, 0) is 37.1 Å². The molecule has 3 N–H and O–H groups in total. The third-order valence-corrected chi connectivity index (χ3v) is 5.66. The molecule has 5 nitrogen and oxygen atoms in total. The van der Waals surface area contributed by atoms with Crippen molar-refractivity contribution in [3.8, 4) is 5.75 Å². The smallest absolute Gasteiger partial charge is 0.419 e. The average Bonchev–Trinajstić information content (AvgIpc) is 2.70. The standard InChI is InChI=1S/C22H18F5N3O2/c1-3-11-8-21(32,22(25,26)27)20(13-4-5-15(24)19(31)18(11)13)30-17-7-12(23)6-16-14(17)9-28-10(2)29-16/h3-7,9,20,30-32H,8H2,1-2H3/b11-3-/t20-,21+/m1/s1. The first-order valence-electron chi connectivity index (χ1n) is 9.61. The van der Waals surface area contributed by atoms with Gasteiger partial charge in [0.05, 0.1) is 11.6 Å². The Morgan fingerprint density at radius 2 is 1.94 bits per heavy atom. The monoisotopic (exact) mass is 451 g/mol. The molecule has 0 bridgehead atoms. The number of nitrogens with zero attached hydrogens (tertiary/aromatic N) is 2. The van der Waals surface area contributed by atoms with Crippen LogP contribution >= 0.6 is 0 Å². The molecule has 32 heavy (non-hydrogen) atoms. The quantitative estimate of drug-likeness (QED) is 0.469. The SMILES string of the molecule is C/C=C1/C[C@@](O)(C(F)(F)F)[C@H](Nc2cc(F)cc3nc(C)ncc23)c2ccc(F)c(O)c21. The van der Waals surface area contributed by atoms with Crippen LogP contribution in [0.2, 0.25) is 0 Å². The van der Waals surface area contributed by atoms with Gasteiger partial charge in [0.25, 0.3) is 0 Å². The predicted molar refractivity (Wildman–Crippen MR) is 108 cm³/mol. The van der Waals surface area contributed by atoms with Gasteiger partial charge < -0.3 is 15.5 Å². The molecule has 1 aromatic heterocycles. The van der Waals surface area contributed by atoms with E-state index >= 15 is 0 Å². The molecule has 10 heteroatoms. The van der Waals surface area contributed by atoms with Crippen LogP contribution in [0.5, 0.6) is 5.75 Å². The molecule has 0 aliphatic heterocycles. The van der Waals surface area contributed by atoms with Gasteiger partial charge in [-0.1, -0.05) is 12.1 Å². The number of phenols is 1. The maximum atomic E-state index is 14.3. The molecule has 4 rings (SSSR count). The van der Waals surface area contributed by atoms with Crippen LogP contribution in [-0.4, -0.2) is 32.0 Å². The summed E-state index contributed by atoms with van der Waals surface area (Å²) in [6.07, 6.45) is -3.46. The highest BCUT2D eigenvalue weighted by molar-refractivity contribution is 5.91. The van der Waals surface area contributed by atoms with Crippen LogP contribution in [0.1, 0.15) is 36.3 Å². The van der Waals surface area contributed by atoms with E-state index in [0.29, 0.717) is 5.82 Å². The minimum atomic E-state index is -5.11. The first kappa shape index (κ1) is 21.9. The zero-order valence-electron chi connectivity index (χ0n) is 16.9. The summed E-state index contributed by atoms with van der Waals surface area (Å²) in [4.78, 5) is 8.11. The van der Waals surface area contributed by atoms with Gasteiger partial charge in [-0.15, -0.1) is 0 Å². The minimum absolute atomic E-state index is 0.0714. The minimum Gasteiger partial charge on any atom is -0.504 e. The summed E-state index contributed by atoms with van der Waals surface area (Å²) in [5.74, 6) is -2.27. The summed E-state index contributed by atoms with van der Waals surface area (Å²) in [6, 6.07) is 2.06. The van der Waals surface area contributed by atoms with Crippen molar-refractivity contribution in [3.63, 3.8) is 0 Å². The second kappa shape index (κ2) is 7.40. The highest BCUT2D eigenvalue weighted by atomic mass is 19.4. The summed E-state index contributed by atoms with van der Waals surface area (Å²) in [5.41, 5.74) is -3.68. The van der Waals surface area contributed by atoms with Gasteiger partial charge in [-0.25, -0.2) is 18.7 Å². The topological polar surface area (TPSA) is 78.3 Å². The molecule has 3 aromatic rings. The van der Waals surface area contributed by atoms with E-state index in [4.69, 9.17) is 0 Å². The van der Waals surface area contributed by atoms with Gasteiger partial charge in [0.2, 0.25) is 0 Å². The molecule has 0 amide bonds. The number of benzene rings is 2. The highest BCUT2D eigenvalue weighted by Crippen LogP contribution is 2.54. The van der Waals surface area contributed by atoms with Crippen LogP contribution in [0.3, 0.4) is 0 Å². The molecule has 0 saturated heterocycles. The average molecular weight is 451 g/mol. The fraction of sp³-hybridized carbons (Fsp3) is 0.273. The first-order chi connectivity index (χ1) is 15.0. The fourth-order valence-corrected chi connectivity index (χ4v) is 4.07. The van der Waals surface area contributed by atoms with Crippen molar-refractivity contribution in [3.05, 3.63) is 65.1 Å². The maximum Gasteiger partial charge on any atom is 0.419 e. The maximum absolute atomic E-state index is 14.3. The van der Waals surface area contributed by atoms with E-state index in [1.165, 1.54) is 19.2 Å². The fourth-order valence-electron chi connectivity index (χ4n) is 4.07. The molecule has 0 fully saturated rings. The number of rotatable bonds is 2. The van der Waals surface area contributed by atoms with E-state index in [-0.39, 0.29) is 33.3 Å². The van der Waals surface area contributed by atoms with E-state index in [9.17, 15) is 32.2 Å². The largest absolute Gasteiger partial charge is 0.504 e. The molecule has 1 aliphatic rings. The summed E-state index contributed by atoms with van der Waals surface area (Å²) in [7, 11) is 0. The normalized spacial score (nSPS) is 22.2. The van der Waals surface area contributed by atoms with Crippen molar-refractivity contribution < 1.29 is 32.2 Å². The van der Waals surface area contributed by atoms with E-state index < -0.39 is 41.6 Å². The molecule has 1 aliphatic carbocycles. The van der Waals surface area contributed by atoms with Gasteiger partial charge in [0.15, 0.2) is 17.2 Å². The number of phenolic OH excluding ortho intramolecular Hbond substituents is 1. The number of allylic oxidation sites excluding steroid dienone is 1. The van der Waals surface area contributed by atoms with Gasteiger partial charge >= 0.3 is 6.18 Å². The van der Waals surface area contributed by atoms with Crippen molar-refractivity contribution in [2.45, 2.75) is 38.1 Å². The zero-order chi connectivity index (χ0) is 23.4. The third kappa shape index (κ3) is 3.35. The lowest BCUT2D eigenvalue weighted by Gasteiger charge is -2.44. The molecule has 168 valence electrons. The van der Waals surface area contributed by atoms with Gasteiger partial charge in [0.1, 0.15) is 11.6 Å². The number of hydrogen-bond acceptors (Lipinski definition) is 5. The van der Waals surface area contributed by atoms with E-state index in [1.54, 1.807) is 6.92 Å². The Labute approximate surface area is 179 Å². The van der Waals surface area contributed by atoms with E-state index in [0.717, 1.165) is 24.3 Å². The molecule has 1 heterocycles. The van der Waals surface area contributed by atoms with Crippen molar-refractivity contribution >= 4 is 22.2 Å². The molecule has 0 radical (unpaired) electrons. The summed E-state index contributed by atoms with van der Waals surface area (Å²) in [5, 5.41) is 24.0. The van der Waals surface area contributed by atoms with Crippen molar-refractivity contribution in [2.75, 3.05) is 5.32 Å². The number of aromatic hydroxyl groups is 1. The number of aliphatic hydroxyl groups is 1. The first-order valence-corrected chi connectivity index (χ1v) is 9.61. The Morgan fingerprint density at radius 1 is 1.22 bits per heavy atom. The van der Waals surface area contributed by atoms with Gasteiger partial charge in [-0.2, -0.15) is 13.2 Å². The third-order valence-electron chi connectivity index (χ3n) is 5.66. The molecule has 0 unspecified atom stereocenters. The molecule has 2 atom stereocenters. The summed E-state index contributed by atoms with van der Waals surface area (Å²) < 4.78 is 70.8. The number of nitrogens with one attached hydrogen (secondary N) is 1. The molecule has 0 spiro atoms. The van der Waals surface area contributed by atoms with Crippen LogP contribution in [0.25, 0.3) is 16.5 Å². The van der Waals surface area contributed by atoms with Gasteiger partial charge in [0, 0.05) is 35.3 Å². The highest BCUT2D eigenvalue weighted by Gasteiger charge is 2.62. The van der Waals surface area contributed by atoms with Crippen molar-refractivity contribution in [1.82, 2.24) is 9.97 Å². The Bertz CT molecular complexity index is 1250. The number of fused-ring (bicyclic) bond motifs is 2. The number of aryl methyl sites for hydroxylation is 1. The lowest BCUT2D eigenvalue weighted by atomic mass is 9.72. The number of anilines is 1. The Kier molecular flexibility index (Phi) is 5.08. The number of alkyl halides is 3. The second-order valence-electron chi connectivity index (χ2n) is 7.65. The van der Waals surface area contributed by atoms with E-state index in [2.05, 4.69) is 15.3 Å². The molecular formula is C22H18F5N3O2. The zero-order valence-corrected chi connectivity index (χ0v) is 16.9. The summed E-state index contributed by atoms with van der Waals surface area (Å²) in [6.45, 7) is 3.00. The Balaban J connectivity index is 1.97. The van der Waals surface area contributed by atoms with Crippen LogP contribution in [-0.2, 0) is 0 Å². The Hall–Kier alpha value is -3.27. The lowest BCUT2D eigenvalue weighted by molar-refractivity contribution is -0.265. The number of aromatic nitrogens is 2. The Morgan fingerprint density at radius 3 is 2.59 bits per heavy atom. The predicted octanol–water partition coefficient (Wildman–Crippen LogP) is 5.18. The lowest BCUT2D eigenvalue weighted by Crippen LogP contribution is -2.54. The number of halogens is 5. The second-order valence-corrected chi connectivity index (χ2v) is 7.65. The van der Waals surface area contributed by atoms with Crippen LogP contribution in [0, 0.1) is 18.6 Å². The van der Waals surface area contributed by atoms with Crippen molar-refractivity contribution in [1.29, 1.82) is 0 Å².